The Labute approximate surface area is 290 Å². The Morgan fingerprint density at radius 2 is 1.63 bits per heavy atom. The highest BCUT2D eigenvalue weighted by Crippen LogP contribution is 2.32. The quantitative estimate of drug-likeness (QED) is 0.170. The molecule has 2 aromatic carbocycles. The molecule has 1 amide bonds. The van der Waals surface area contributed by atoms with E-state index < -0.39 is 22.4 Å². The molecule has 12 nitrogen and oxygen atoms in total. The first-order chi connectivity index (χ1) is 23.9. The van der Waals surface area contributed by atoms with Crippen LogP contribution >= 0.6 is 0 Å². The van der Waals surface area contributed by atoms with Crippen molar-refractivity contribution in [1.29, 1.82) is 0 Å². The largest absolute Gasteiger partial charge is 0.367 e. The topological polar surface area (TPSA) is 143 Å². The van der Waals surface area contributed by atoms with E-state index in [1.807, 2.05) is 61.7 Å². The maximum Gasteiger partial charge on any atom is 0.249 e. The number of aromatic nitrogens is 4. The number of nitrogens with one attached hydrogen (secondary N) is 3. The molecule has 0 spiro atoms. The van der Waals surface area contributed by atoms with E-state index in [0.29, 0.717) is 55.3 Å². The Kier molecular flexibility index (Phi) is 13.1. The first-order valence-corrected chi connectivity index (χ1v) is 19.3. The molecule has 264 valence electrons. The van der Waals surface area contributed by atoms with E-state index in [2.05, 4.69) is 49.5 Å². The second kappa shape index (κ2) is 17.7. The summed E-state index contributed by atoms with van der Waals surface area (Å²) in [6.07, 6.45) is 5.27. The van der Waals surface area contributed by atoms with Gasteiger partial charge in [0.05, 0.1) is 18.6 Å². The molecule has 0 aliphatic carbocycles. The number of hydrogen-bond acceptors (Lipinski definition) is 9. The number of imidazole rings is 1. The van der Waals surface area contributed by atoms with Crippen LogP contribution in [-0.2, 0) is 26.1 Å². The fourth-order valence-electron chi connectivity index (χ4n) is 6.36. The molecule has 0 bridgehead atoms. The van der Waals surface area contributed by atoms with Crippen LogP contribution in [0, 0.1) is 0 Å². The molecule has 0 radical (unpaired) electrons. The number of amides is 1. The number of anilines is 1. The number of hydrogen-bond donors (Lipinski definition) is 3. The number of carbonyl (C=O) groups excluding carboxylic acids is 1. The molecule has 4 heterocycles. The van der Waals surface area contributed by atoms with E-state index in [0.717, 1.165) is 37.1 Å². The lowest BCUT2D eigenvalue weighted by Crippen LogP contribution is -2.37. The average molecular weight is 691 g/mol. The van der Waals surface area contributed by atoms with E-state index >= 15 is 0 Å². The third-order valence-electron chi connectivity index (χ3n) is 8.87. The van der Waals surface area contributed by atoms with E-state index in [-0.39, 0.29) is 24.1 Å². The molecule has 2 aromatic heterocycles. The highest BCUT2D eigenvalue weighted by molar-refractivity contribution is 7.89. The third kappa shape index (κ3) is 9.62. The van der Waals surface area contributed by atoms with Gasteiger partial charge in [0.1, 0.15) is 18.2 Å². The minimum absolute atomic E-state index is 0.0191. The number of benzene rings is 2. The molecular formula is C36H50N8O4S. The van der Waals surface area contributed by atoms with Crippen molar-refractivity contribution in [3.8, 4) is 0 Å². The minimum Gasteiger partial charge on any atom is -0.367 e. The van der Waals surface area contributed by atoms with Gasteiger partial charge in [-0.1, -0.05) is 80.9 Å². The molecule has 2 unspecified atom stereocenters. The molecular weight excluding hydrogens is 641 g/mol. The maximum absolute atomic E-state index is 13.0. The molecule has 4 aromatic rings. The van der Waals surface area contributed by atoms with Crippen molar-refractivity contribution in [2.24, 2.45) is 0 Å². The Morgan fingerprint density at radius 3 is 2.29 bits per heavy atom. The number of ether oxygens (including phenoxy) is 1. The maximum atomic E-state index is 13.0. The van der Waals surface area contributed by atoms with E-state index in [1.165, 1.54) is 6.42 Å². The van der Waals surface area contributed by atoms with E-state index in [1.54, 1.807) is 6.33 Å². The summed E-state index contributed by atoms with van der Waals surface area (Å²) in [5.41, 5.74) is 3.37. The lowest BCUT2D eigenvalue weighted by molar-refractivity contribution is -0.133. The summed E-state index contributed by atoms with van der Waals surface area (Å²) in [5, 5.41) is 6.35. The fourth-order valence-corrected chi connectivity index (χ4v) is 7.35. The van der Waals surface area contributed by atoms with Crippen LogP contribution < -0.4 is 15.4 Å². The van der Waals surface area contributed by atoms with Crippen LogP contribution in [0.1, 0.15) is 82.0 Å². The average Bonchev–Trinajstić information content (AvgIpc) is 3.81. The lowest BCUT2D eigenvalue weighted by Gasteiger charge is -2.26. The molecule has 49 heavy (non-hydrogen) atoms. The van der Waals surface area contributed by atoms with E-state index in [4.69, 9.17) is 14.7 Å². The van der Waals surface area contributed by atoms with Crippen molar-refractivity contribution in [2.75, 3.05) is 43.8 Å². The van der Waals surface area contributed by atoms with E-state index in [9.17, 15) is 13.2 Å². The molecule has 6 rings (SSSR count). The van der Waals surface area contributed by atoms with Gasteiger partial charge in [-0.25, -0.2) is 28.1 Å². The molecule has 2 atom stereocenters. The summed E-state index contributed by atoms with van der Waals surface area (Å²) in [6, 6.07) is 20.5. The van der Waals surface area contributed by atoms with Gasteiger partial charge in [-0.05, 0) is 56.8 Å². The number of likely N-dealkylation sites (N-methyl/N-ethyl adjacent to an activating group) is 1. The summed E-state index contributed by atoms with van der Waals surface area (Å²) in [6.45, 7) is 9.24. The van der Waals surface area contributed by atoms with Crippen LogP contribution in [0.25, 0.3) is 11.2 Å². The van der Waals surface area contributed by atoms with Crippen LogP contribution in [0.3, 0.4) is 0 Å². The fraction of sp³-hybridized carbons (Fsp3) is 0.500. The molecule has 2 saturated heterocycles. The number of carbonyl (C=O) groups is 1. The zero-order valence-electron chi connectivity index (χ0n) is 28.8. The van der Waals surface area contributed by atoms with Gasteiger partial charge in [-0.15, -0.1) is 0 Å². The molecule has 2 aliphatic rings. The second-order valence-electron chi connectivity index (χ2n) is 12.2. The Balaban J connectivity index is 0.00000230. The summed E-state index contributed by atoms with van der Waals surface area (Å²) >= 11 is 0. The number of piperidine rings is 1. The van der Waals surface area contributed by atoms with Crippen molar-refractivity contribution >= 4 is 32.9 Å². The van der Waals surface area contributed by atoms with Gasteiger partial charge < -0.3 is 20.3 Å². The molecule has 2 aliphatic heterocycles. The normalized spacial score (nSPS) is 18.3. The molecule has 3 N–H and O–H groups in total. The van der Waals surface area contributed by atoms with Gasteiger partial charge in [0.15, 0.2) is 17.0 Å². The molecule has 2 fully saturated rings. The summed E-state index contributed by atoms with van der Waals surface area (Å²) in [4.78, 5) is 28.9. The van der Waals surface area contributed by atoms with Gasteiger partial charge in [-0.2, -0.15) is 0 Å². The Hall–Kier alpha value is -3.91. The van der Waals surface area contributed by atoms with Crippen molar-refractivity contribution < 1.29 is 17.9 Å². The van der Waals surface area contributed by atoms with Crippen molar-refractivity contribution in [2.45, 2.75) is 77.7 Å². The Bertz CT molecular complexity index is 1690. The monoisotopic (exact) mass is 690 g/mol. The second-order valence-corrected chi connectivity index (χ2v) is 14.1. The number of fused-ring (bicyclic) bond motifs is 1. The van der Waals surface area contributed by atoms with Crippen LogP contribution in [-0.4, -0.2) is 83.3 Å². The van der Waals surface area contributed by atoms with Crippen molar-refractivity contribution in [3.63, 3.8) is 0 Å². The lowest BCUT2D eigenvalue weighted by atomic mass is 9.91. The number of sulfonamides is 1. The van der Waals surface area contributed by atoms with Crippen LogP contribution in [0.15, 0.2) is 67.0 Å². The zero-order valence-corrected chi connectivity index (χ0v) is 29.7. The first kappa shape index (κ1) is 36.4. The predicted molar refractivity (Wildman–Crippen MR) is 193 cm³/mol. The number of nitrogens with zero attached hydrogens (tertiary/aromatic N) is 5. The van der Waals surface area contributed by atoms with Gasteiger partial charge in [0.25, 0.3) is 0 Å². The summed E-state index contributed by atoms with van der Waals surface area (Å²) in [5.74, 6) is 0.732. The molecule has 0 saturated carbocycles. The van der Waals surface area contributed by atoms with Crippen molar-refractivity contribution in [1.82, 2.24) is 34.5 Å². The van der Waals surface area contributed by atoms with Crippen LogP contribution in [0.4, 0.5) is 5.82 Å². The summed E-state index contributed by atoms with van der Waals surface area (Å²) < 4.78 is 36.7. The smallest absolute Gasteiger partial charge is 0.249 e. The highest BCUT2D eigenvalue weighted by Gasteiger charge is 2.33. The van der Waals surface area contributed by atoms with Gasteiger partial charge >= 0.3 is 0 Å². The summed E-state index contributed by atoms with van der Waals surface area (Å²) in [7, 11) is -3.56. The van der Waals surface area contributed by atoms with Crippen LogP contribution in [0.2, 0.25) is 0 Å². The SMILES string of the molecule is CC.CCNC(=O)C1CCC(n2cnc3c(NCC(c4ccccc4)c4ccccc4)nc(CNS(=O)(=O)CCN4CCCCC4)nc32)O1. The molecule has 13 heteroatoms. The van der Waals surface area contributed by atoms with Gasteiger partial charge in [-0.3, -0.25) is 9.36 Å². The zero-order chi connectivity index (χ0) is 34.6. The predicted octanol–water partition coefficient (Wildman–Crippen LogP) is 4.82. The number of rotatable bonds is 14. The number of likely N-dealkylation sites (tertiary alicyclic amines) is 1. The van der Waals surface area contributed by atoms with Crippen molar-refractivity contribution in [3.05, 3.63) is 83.9 Å². The Morgan fingerprint density at radius 1 is 0.959 bits per heavy atom. The third-order valence-corrected chi connectivity index (χ3v) is 10.2. The highest BCUT2D eigenvalue weighted by atomic mass is 32.2. The van der Waals surface area contributed by atoms with Crippen LogP contribution in [0.5, 0.6) is 0 Å². The standard InChI is InChI=1S/C34H44N8O4S.C2H6/c1-2-35-34(43)28-16-17-30(46-28)42-24-37-31-32(36-22-27(25-12-6-3-7-13-25)26-14-8-4-9-15-26)39-29(40-33(31)42)23-38-47(44,45)21-20-41-18-10-5-11-19-41;1-2/h3-4,6-9,12-15,24,27-28,30,38H,2,5,10-11,16-23H2,1H3,(H,35,43)(H,36,39,40);1-2H3. The van der Waals surface area contributed by atoms with Gasteiger partial charge in [0, 0.05) is 25.6 Å². The minimum atomic E-state index is -3.56. The first-order valence-electron chi connectivity index (χ1n) is 17.6. The van der Waals surface area contributed by atoms with Gasteiger partial charge in [0.2, 0.25) is 15.9 Å².